The van der Waals surface area contributed by atoms with Gasteiger partial charge in [0, 0.05) is 57.4 Å². The van der Waals surface area contributed by atoms with Crippen LogP contribution in [0.2, 0.25) is 0 Å². The molecule has 1 saturated heterocycles. The Hall–Kier alpha value is -4.08. The van der Waals surface area contributed by atoms with Crippen LogP contribution in [0.5, 0.6) is 11.5 Å². The van der Waals surface area contributed by atoms with Crippen molar-refractivity contribution in [2.45, 2.75) is 44.7 Å². The van der Waals surface area contributed by atoms with Gasteiger partial charge >= 0.3 is 0 Å². The van der Waals surface area contributed by atoms with E-state index in [9.17, 15) is 4.79 Å². The fraction of sp³-hybridized carbons (Fsp3) is 0.429. The minimum Gasteiger partial charge on any atom is -0.454 e. The van der Waals surface area contributed by atoms with Gasteiger partial charge in [0.15, 0.2) is 11.5 Å². The van der Waals surface area contributed by atoms with E-state index in [1.165, 1.54) is 5.56 Å². The lowest BCUT2D eigenvalue weighted by atomic mass is 9.93. The van der Waals surface area contributed by atoms with Crippen molar-refractivity contribution in [2.24, 2.45) is 0 Å². The van der Waals surface area contributed by atoms with Crippen LogP contribution < -0.4 is 14.8 Å². The normalized spacial score (nSPS) is 15.9. The van der Waals surface area contributed by atoms with Gasteiger partial charge in [-0.25, -0.2) is 4.98 Å². The minimum absolute atomic E-state index is 0.0375. The summed E-state index contributed by atoms with van der Waals surface area (Å²) in [5.74, 6) is 2.70. The van der Waals surface area contributed by atoms with Gasteiger partial charge < -0.3 is 33.9 Å². The summed E-state index contributed by atoms with van der Waals surface area (Å²) in [5.41, 5.74) is 4.02. The molecule has 6 rings (SSSR count). The van der Waals surface area contributed by atoms with Crippen LogP contribution in [-0.4, -0.2) is 84.5 Å². The number of carbonyl (C=O) groups is 1. The molecule has 1 unspecified atom stereocenters. The molecule has 1 fully saturated rings. The number of para-hydroxylation sites is 2. The summed E-state index contributed by atoms with van der Waals surface area (Å²) in [5, 5.41) is 3.75. The minimum atomic E-state index is 0.0375. The standard InChI is InChI=1S/C35H43N5O4/c1-3-42-22-21-40-31-12-8-7-11-30(31)37-35(40)36-29-16-19-39(20-17-29)18-15-28(27-13-14-32-33(23-27)44-25-43-32)24-38(2)34(41)26-9-5-4-6-10-26/h4-14,23,28-29H,3,15-22,24-25H2,1-2H3,(H,36,37). The molecular weight excluding hydrogens is 554 g/mol. The van der Waals surface area contributed by atoms with Gasteiger partial charge in [0.25, 0.3) is 5.91 Å². The Kier molecular flexibility index (Phi) is 9.63. The molecule has 9 nitrogen and oxygen atoms in total. The summed E-state index contributed by atoms with van der Waals surface area (Å²) < 4.78 is 19.1. The third kappa shape index (κ3) is 7.00. The van der Waals surface area contributed by atoms with Gasteiger partial charge in [-0.2, -0.15) is 0 Å². The van der Waals surface area contributed by atoms with E-state index in [0.29, 0.717) is 31.4 Å². The van der Waals surface area contributed by atoms with Crippen molar-refractivity contribution < 1.29 is 19.0 Å². The lowest BCUT2D eigenvalue weighted by molar-refractivity contribution is 0.0782. The summed E-state index contributed by atoms with van der Waals surface area (Å²) in [7, 11) is 1.90. The smallest absolute Gasteiger partial charge is 0.253 e. The van der Waals surface area contributed by atoms with Gasteiger partial charge in [-0.3, -0.25) is 4.79 Å². The molecule has 3 heterocycles. The predicted octanol–water partition coefficient (Wildman–Crippen LogP) is 5.62. The van der Waals surface area contributed by atoms with Crippen LogP contribution in [-0.2, 0) is 11.3 Å². The number of carbonyl (C=O) groups excluding carboxylic acids is 1. The second-order valence-corrected chi connectivity index (χ2v) is 11.7. The van der Waals surface area contributed by atoms with Gasteiger partial charge in [0.05, 0.1) is 17.6 Å². The maximum Gasteiger partial charge on any atom is 0.253 e. The molecular formula is C35H43N5O4. The molecule has 0 aliphatic carbocycles. The lowest BCUT2D eigenvalue weighted by Crippen LogP contribution is -2.40. The lowest BCUT2D eigenvalue weighted by Gasteiger charge is -2.34. The molecule has 44 heavy (non-hydrogen) atoms. The molecule has 232 valence electrons. The zero-order valence-electron chi connectivity index (χ0n) is 25.8. The third-order valence-electron chi connectivity index (χ3n) is 8.76. The predicted molar refractivity (Wildman–Crippen MR) is 173 cm³/mol. The Morgan fingerprint density at radius 3 is 2.61 bits per heavy atom. The van der Waals surface area contributed by atoms with E-state index in [1.807, 2.05) is 61.3 Å². The first kappa shape index (κ1) is 30.0. The molecule has 9 heteroatoms. The Balaban J connectivity index is 1.08. The monoisotopic (exact) mass is 597 g/mol. The molecule has 2 aliphatic rings. The largest absolute Gasteiger partial charge is 0.454 e. The number of piperidine rings is 1. The Labute approximate surface area is 259 Å². The number of nitrogens with zero attached hydrogens (tertiary/aromatic N) is 4. The molecule has 1 N–H and O–H groups in total. The molecule has 1 atom stereocenters. The quantitative estimate of drug-likeness (QED) is 0.200. The number of hydrogen-bond acceptors (Lipinski definition) is 7. The number of likely N-dealkylation sites (tertiary alicyclic amines) is 1. The van der Waals surface area contributed by atoms with E-state index in [1.54, 1.807) is 0 Å². The van der Waals surface area contributed by atoms with Crippen molar-refractivity contribution in [1.29, 1.82) is 0 Å². The number of nitrogens with one attached hydrogen (secondary N) is 1. The third-order valence-corrected chi connectivity index (χ3v) is 8.76. The molecule has 0 bridgehead atoms. The van der Waals surface area contributed by atoms with Gasteiger partial charge in [0.1, 0.15) is 0 Å². The molecule has 0 saturated carbocycles. The average Bonchev–Trinajstić information content (AvgIpc) is 3.68. The number of hydrogen-bond donors (Lipinski definition) is 1. The van der Waals surface area contributed by atoms with Crippen molar-refractivity contribution in [3.63, 3.8) is 0 Å². The molecule has 3 aromatic carbocycles. The number of ether oxygens (including phenoxy) is 3. The van der Waals surface area contributed by atoms with Crippen LogP contribution in [0.3, 0.4) is 0 Å². The number of anilines is 1. The van der Waals surface area contributed by atoms with Crippen molar-refractivity contribution >= 4 is 22.9 Å². The molecule has 1 amide bonds. The van der Waals surface area contributed by atoms with E-state index in [2.05, 4.69) is 45.1 Å². The van der Waals surface area contributed by atoms with Gasteiger partial charge in [-0.1, -0.05) is 36.4 Å². The summed E-state index contributed by atoms with van der Waals surface area (Å²) >= 11 is 0. The van der Waals surface area contributed by atoms with Crippen molar-refractivity contribution in [3.05, 3.63) is 83.9 Å². The first-order valence-electron chi connectivity index (χ1n) is 15.8. The van der Waals surface area contributed by atoms with E-state index in [-0.39, 0.29) is 18.6 Å². The first-order chi connectivity index (χ1) is 21.6. The highest BCUT2D eigenvalue weighted by Crippen LogP contribution is 2.36. The topological polar surface area (TPSA) is 81.1 Å². The van der Waals surface area contributed by atoms with Crippen LogP contribution >= 0.6 is 0 Å². The zero-order chi connectivity index (χ0) is 30.3. The number of aromatic nitrogens is 2. The number of fused-ring (bicyclic) bond motifs is 2. The summed E-state index contributed by atoms with van der Waals surface area (Å²) in [4.78, 5) is 22.5. The number of benzene rings is 3. The first-order valence-corrected chi connectivity index (χ1v) is 15.8. The molecule has 2 aliphatic heterocycles. The molecule has 0 radical (unpaired) electrons. The highest BCUT2D eigenvalue weighted by Gasteiger charge is 2.25. The SMILES string of the molecule is CCOCCn1c(NC2CCN(CCC(CN(C)C(=O)c3ccccc3)c3ccc4c(c3)OCO4)CC2)nc2ccccc21. The maximum absolute atomic E-state index is 13.2. The van der Waals surface area contributed by atoms with E-state index < -0.39 is 0 Å². The van der Waals surface area contributed by atoms with E-state index in [0.717, 1.165) is 73.9 Å². The molecule has 4 aromatic rings. The molecule has 1 aromatic heterocycles. The maximum atomic E-state index is 13.2. The van der Waals surface area contributed by atoms with E-state index >= 15 is 0 Å². The highest BCUT2D eigenvalue weighted by molar-refractivity contribution is 5.94. The fourth-order valence-corrected chi connectivity index (χ4v) is 6.28. The van der Waals surface area contributed by atoms with Crippen molar-refractivity contribution in [3.8, 4) is 11.5 Å². The second-order valence-electron chi connectivity index (χ2n) is 11.7. The number of amides is 1. The van der Waals surface area contributed by atoms with Crippen LogP contribution in [0, 0.1) is 0 Å². The van der Waals surface area contributed by atoms with Crippen LogP contribution in [0.4, 0.5) is 5.95 Å². The van der Waals surface area contributed by atoms with Gasteiger partial charge in [-0.05, 0) is 74.7 Å². The second kappa shape index (κ2) is 14.1. The zero-order valence-corrected chi connectivity index (χ0v) is 25.8. The number of rotatable bonds is 13. The number of imidazole rings is 1. The Morgan fingerprint density at radius 1 is 1.02 bits per heavy atom. The number of likely N-dealkylation sites (N-methyl/N-ethyl adjacent to an activating group) is 1. The van der Waals surface area contributed by atoms with Gasteiger partial charge in [-0.15, -0.1) is 0 Å². The van der Waals surface area contributed by atoms with Crippen LogP contribution in [0.1, 0.15) is 48.0 Å². The Morgan fingerprint density at radius 2 is 1.80 bits per heavy atom. The average molecular weight is 598 g/mol. The Bertz CT molecular complexity index is 1530. The highest BCUT2D eigenvalue weighted by atomic mass is 16.7. The molecule has 0 spiro atoms. The summed E-state index contributed by atoms with van der Waals surface area (Å²) in [6.07, 6.45) is 3.04. The van der Waals surface area contributed by atoms with E-state index in [4.69, 9.17) is 19.2 Å². The van der Waals surface area contributed by atoms with Gasteiger partial charge in [0.2, 0.25) is 12.7 Å². The van der Waals surface area contributed by atoms with Crippen LogP contribution in [0.25, 0.3) is 11.0 Å². The van der Waals surface area contributed by atoms with Crippen molar-refractivity contribution in [2.75, 3.05) is 58.6 Å². The fourth-order valence-electron chi connectivity index (χ4n) is 6.28. The van der Waals surface area contributed by atoms with Crippen molar-refractivity contribution in [1.82, 2.24) is 19.4 Å². The summed E-state index contributed by atoms with van der Waals surface area (Å²) in [6, 6.07) is 24.4. The summed E-state index contributed by atoms with van der Waals surface area (Å²) in [6.45, 7) is 8.06. The van der Waals surface area contributed by atoms with Crippen LogP contribution in [0.15, 0.2) is 72.8 Å².